The lowest BCUT2D eigenvalue weighted by Gasteiger charge is -2.14. The second kappa shape index (κ2) is 10.5. The van der Waals surface area contributed by atoms with E-state index in [0.717, 1.165) is 15.4 Å². The molecular formula is C22H21ClN2O3S3. The number of halogens is 1. The van der Waals surface area contributed by atoms with Gasteiger partial charge in [0.2, 0.25) is 5.91 Å². The van der Waals surface area contributed by atoms with E-state index in [0.29, 0.717) is 22.2 Å². The molecule has 5 nitrogen and oxygen atoms in total. The van der Waals surface area contributed by atoms with Crippen molar-refractivity contribution in [1.82, 2.24) is 0 Å². The van der Waals surface area contributed by atoms with Crippen LogP contribution < -0.4 is 10.0 Å². The van der Waals surface area contributed by atoms with Gasteiger partial charge < -0.3 is 5.32 Å². The van der Waals surface area contributed by atoms with Crippen LogP contribution in [0.5, 0.6) is 0 Å². The van der Waals surface area contributed by atoms with Gasteiger partial charge in [-0.3, -0.25) is 9.52 Å². The van der Waals surface area contributed by atoms with Gasteiger partial charge in [0, 0.05) is 27.5 Å². The Hall–Kier alpha value is -2.13. The fourth-order valence-corrected chi connectivity index (χ4v) is 5.56. The van der Waals surface area contributed by atoms with E-state index in [4.69, 9.17) is 11.6 Å². The van der Waals surface area contributed by atoms with Crippen molar-refractivity contribution in [3.63, 3.8) is 0 Å². The van der Waals surface area contributed by atoms with Crippen LogP contribution in [0.1, 0.15) is 12.5 Å². The predicted octanol–water partition coefficient (Wildman–Crippen LogP) is 6.11. The van der Waals surface area contributed by atoms with E-state index in [-0.39, 0.29) is 10.8 Å². The minimum atomic E-state index is -3.85. The number of thioether (sulfide) groups is 2. The smallest absolute Gasteiger partial charge is 0.262 e. The Balaban J connectivity index is 1.83. The molecule has 9 heteroatoms. The molecule has 0 bridgehead atoms. The number of nitrogens with one attached hydrogen (secondary N) is 2. The quantitative estimate of drug-likeness (QED) is 0.371. The summed E-state index contributed by atoms with van der Waals surface area (Å²) >= 11 is 8.89. The molecule has 1 amide bonds. The second-order valence-corrected chi connectivity index (χ2v) is 10.5. The lowest BCUT2D eigenvalue weighted by Crippen LogP contribution is -2.15. The molecule has 0 spiro atoms. The number of para-hydroxylation sites is 1. The number of hydrogen-bond acceptors (Lipinski definition) is 5. The van der Waals surface area contributed by atoms with E-state index < -0.39 is 10.0 Å². The minimum Gasteiger partial charge on any atom is -0.325 e. The molecular weight excluding hydrogens is 472 g/mol. The molecule has 0 atom stereocenters. The Morgan fingerprint density at radius 3 is 2.35 bits per heavy atom. The van der Waals surface area contributed by atoms with Gasteiger partial charge in [0.25, 0.3) is 10.0 Å². The van der Waals surface area contributed by atoms with E-state index in [1.54, 1.807) is 18.2 Å². The number of rotatable bonds is 8. The summed E-state index contributed by atoms with van der Waals surface area (Å²) in [6.07, 6.45) is 1.86. The fourth-order valence-electron chi connectivity index (χ4n) is 2.76. The normalized spacial score (nSPS) is 11.2. The zero-order valence-electron chi connectivity index (χ0n) is 16.9. The zero-order valence-corrected chi connectivity index (χ0v) is 20.1. The maximum Gasteiger partial charge on any atom is 0.262 e. The summed E-state index contributed by atoms with van der Waals surface area (Å²) in [5.41, 5.74) is 2.05. The van der Waals surface area contributed by atoms with E-state index in [2.05, 4.69) is 10.0 Å². The summed E-state index contributed by atoms with van der Waals surface area (Å²) in [6.45, 7) is 1.39. The van der Waals surface area contributed by atoms with Gasteiger partial charge in [-0.15, -0.1) is 23.5 Å². The highest BCUT2D eigenvalue weighted by molar-refractivity contribution is 7.99. The van der Waals surface area contributed by atoms with Crippen molar-refractivity contribution in [2.75, 3.05) is 16.3 Å². The Kier molecular flexibility index (Phi) is 7.94. The highest BCUT2D eigenvalue weighted by Crippen LogP contribution is 2.33. The van der Waals surface area contributed by atoms with Gasteiger partial charge in [0.05, 0.1) is 16.3 Å². The molecule has 0 saturated carbocycles. The summed E-state index contributed by atoms with van der Waals surface area (Å²) in [6, 6.07) is 19.5. The summed E-state index contributed by atoms with van der Waals surface area (Å²) in [4.78, 5) is 13.2. The number of anilines is 2. The van der Waals surface area contributed by atoms with Crippen molar-refractivity contribution < 1.29 is 13.2 Å². The Labute approximate surface area is 196 Å². The molecule has 0 saturated heterocycles. The van der Waals surface area contributed by atoms with Crippen molar-refractivity contribution >= 4 is 62.4 Å². The summed E-state index contributed by atoms with van der Waals surface area (Å²) in [5.74, 6) is 0.409. The van der Waals surface area contributed by atoms with Crippen molar-refractivity contribution in [3.05, 3.63) is 77.3 Å². The number of benzene rings is 3. The third kappa shape index (κ3) is 6.43. The third-order valence-corrected chi connectivity index (χ3v) is 7.79. The van der Waals surface area contributed by atoms with Gasteiger partial charge in [-0.2, -0.15) is 0 Å². The molecule has 0 unspecified atom stereocenters. The summed E-state index contributed by atoms with van der Waals surface area (Å²) in [7, 11) is -3.85. The fraction of sp³-hybridized carbons (Fsp3) is 0.136. The van der Waals surface area contributed by atoms with E-state index >= 15 is 0 Å². The average Bonchev–Trinajstić information content (AvgIpc) is 2.73. The molecule has 3 aromatic rings. The van der Waals surface area contributed by atoms with Gasteiger partial charge in [-0.25, -0.2) is 8.42 Å². The Bertz CT molecular complexity index is 1180. The summed E-state index contributed by atoms with van der Waals surface area (Å²) in [5, 5.41) is 3.36. The Morgan fingerprint density at radius 1 is 0.968 bits per heavy atom. The number of amides is 1. The van der Waals surface area contributed by atoms with Gasteiger partial charge in [-0.05, 0) is 54.3 Å². The van der Waals surface area contributed by atoms with Crippen molar-refractivity contribution in [3.8, 4) is 0 Å². The van der Waals surface area contributed by atoms with E-state index in [1.807, 2.05) is 42.7 Å². The van der Waals surface area contributed by atoms with Crippen LogP contribution in [0.2, 0.25) is 5.02 Å². The third-order valence-electron chi connectivity index (χ3n) is 4.23. The van der Waals surface area contributed by atoms with Crippen LogP contribution in [0.4, 0.5) is 11.4 Å². The average molecular weight is 493 g/mol. The first kappa shape index (κ1) is 23.5. The molecule has 0 radical (unpaired) electrons. The van der Waals surface area contributed by atoms with Crippen LogP contribution in [0.15, 0.2) is 81.4 Å². The second-order valence-electron chi connectivity index (χ2n) is 6.56. The van der Waals surface area contributed by atoms with Gasteiger partial charge in [-0.1, -0.05) is 35.9 Å². The van der Waals surface area contributed by atoms with Crippen molar-refractivity contribution in [1.29, 1.82) is 0 Å². The van der Waals surface area contributed by atoms with Crippen LogP contribution in [0.3, 0.4) is 0 Å². The first-order valence-electron chi connectivity index (χ1n) is 9.23. The number of carbonyl (C=O) groups excluding carboxylic acids is 1. The topological polar surface area (TPSA) is 75.3 Å². The van der Waals surface area contributed by atoms with Crippen LogP contribution in [0.25, 0.3) is 0 Å². The van der Waals surface area contributed by atoms with E-state index in [9.17, 15) is 13.2 Å². The molecule has 3 rings (SSSR count). The van der Waals surface area contributed by atoms with Crippen LogP contribution in [0, 0.1) is 0 Å². The van der Waals surface area contributed by atoms with Gasteiger partial charge >= 0.3 is 0 Å². The minimum absolute atomic E-state index is 0.0755. The Morgan fingerprint density at radius 2 is 1.68 bits per heavy atom. The molecule has 0 aromatic heterocycles. The van der Waals surface area contributed by atoms with Crippen LogP contribution in [-0.4, -0.2) is 20.6 Å². The molecule has 3 aromatic carbocycles. The predicted molar refractivity (Wildman–Crippen MR) is 131 cm³/mol. The SMILES string of the molecule is CSc1ccc(S(=O)(=O)Nc2ccccc2SCc2ccc(Cl)cc2)cc1NC(C)=O. The molecule has 0 aliphatic rings. The maximum atomic E-state index is 13.0. The van der Waals surface area contributed by atoms with Gasteiger partial charge in [0.15, 0.2) is 0 Å². The van der Waals surface area contributed by atoms with E-state index in [1.165, 1.54) is 42.6 Å². The lowest BCUT2D eigenvalue weighted by molar-refractivity contribution is -0.114. The molecule has 0 heterocycles. The first-order valence-corrected chi connectivity index (χ1v) is 13.3. The lowest BCUT2D eigenvalue weighted by atomic mass is 10.2. The highest BCUT2D eigenvalue weighted by Gasteiger charge is 2.18. The van der Waals surface area contributed by atoms with Gasteiger partial charge in [0.1, 0.15) is 0 Å². The molecule has 2 N–H and O–H groups in total. The van der Waals surface area contributed by atoms with Crippen LogP contribution >= 0.6 is 35.1 Å². The summed E-state index contributed by atoms with van der Waals surface area (Å²) < 4.78 is 28.8. The van der Waals surface area contributed by atoms with Crippen molar-refractivity contribution in [2.45, 2.75) is 27.4 Å². The zero-order chi connectivity index (χ0) is 22.4. The number of carbonyl (C=O) groups is 1. The number of sulfonamides is 1. The molecule has 162 valence electrons. The van der Waals surface area contributed by atoms with Crippen molar-refractivity contribution in [2.24, 2.45) is 0 Å². The molecule has 0 aliphatic carbocycles. The highest BCUT2D eigenvalue weighted by atomic mass is 35.5. The first-order chi connectivity index (χ1) is 14.8. The largest absolute Gasteiger partial charge is 0.325 e. The molecule has 0 fully saturated rings. The molecule has 0 aliphatic heterocycles. The monoisotopic (exact) mass is 492 g/mol. The van der Waals surface area contributed by atoms with Crippen LogP contribution in [-0.2, 0) is 20.6 Å². The number of hydrogen-bond donors (Lipinski definition) is 2. The maximum absolute atomic E-state index is 13.0. The molecule has 31 heavy (non-hydrogen) atoms. The standard InChI is InChI=1S/C22H21ClN2O3S3/c1-15(26)24-20-13-18(11-12-21(20)29-2)31(27,28)25-19-5-3-4-6-22(19)30-14-16-7-9-17(23)10-8-16/h3-13,25H,14H2,1-2H3,(H,24,26).